The molecule has 2 amide bonds. The minimum atomic E-state index is -1.38. The number of carbonyl (C=O) groups excluding carboxylic acids is 2. The van der Waals surface area contributed by atoms with E-state index in [1.165, 1.54) is 69.5 Å². The van der Waals surface area contributed by atoms with Gasteiger partial charge in [0.1, 0.15) is 29.9 Å². The molecule has 0 aromatic carbocycles. The van der Waals surface area contributed by atoms with E-state index in [9.17, 15) is 30.0 Å². The summed E-state index contributed by atoms with van der Waals surface area (Å²) >= 11 is 1.28. The molecule has 0 aromatic rings. The third-order valence-electron chi connectivity index (χ3n) is 14.7. The van der Waals surface area contributed by atoms with Crippen LogP contribution in [0.4, 0.5) is 0 Å². The number of thioether (sulfide) groups is 1. The molecule has 1 saturated heterocycles. The topological polar surface area (TPSA) is 148 Å². The van der Waals surface area contributed by atoms with Crippen molar-refractivity contribution in [1.29, 1.82) is 0 Å². The molecule has 6 N–H and O–H groups in total. The van der Waals surface area contributed by atoms with Crippen LogP contribution in [0.2, 0.25) is 0 Å². The Morgan fingerprint density at radius 1 is 0.840 bits per heavy atom. The number of hydrogen-bond acceptors (Lipinski definition) is 8. The number of carbonyl (C=O) groups is 2. The van der Waals surface area contributed by atoms with Crippen molar-refractivity contribution < 1.29 is 34.8 Å². The maximum atomic E-state index is 13.3. The maximum Gasteiger partial charge on any atom is 0.223 e. The second kappa shape index (κ2) is 17.5. The van der Waals surface area contributed by atoms with Crippen molar-refractivity contribution in [2.75, 3.05) is 25.4 Å². The van der Waals surface area contributed by atoms with Gasteiger partial charge in [-0.2, -0.15) is 0 Å². The van der Waals surface area contributed by atoms with Crippen LogP contribution >= 0.6 is 11.8 Å². The Morgan fingerprint density at radius 2 is 1.58 bits per heavy atom. The Hall–Kier alpha value is -0.910. The first kappa shape index (κ1) is 40.3. The van der Waals surface area contributed by atoms with Crippen LogP contribution < -0.4 is 10.6 Å². The number of amides is 2. The molecule has 14 atom stereocenters. The van der Waals surface area contributed by atoms with E-state index in [1.54, 1.807) is 0 Å². The van der Waals surface area contributed by atoms with Crippen molar-refractivity contribution in [3.8, 4) is 0 Å². The highest BCUT2D eigenvalue weighted by Crippen LogP contribution is 2.68. The quantitative estimate of drug-likeness (QED) is 0.125. The lowest BCUT2D eigenvalue weighted by Gasteiger charge is -2.61. The first-order chi connectivity index (χ1) is 23.8. The molecular weight excluding hydrogens is 653 g/mol. The molecule has 9 nitrogen and oxygen atoms in total. The number of ether oxygens (including phenoxy) is 1. The van der Waals surface area contributed by atoms with Gasteiger partial charge in [0.05, 0.1) is 6.61 Å². The van der Waals surface area contributed by atoms with Crippen LogP contribution in [-0.4, -0.2) is 87.5 Å². The normalized spacial score (nSPS) is 41.9. The summed E-state index contributed by atoms with van der Waals surface area (Å²) in [7, 11) is 0. The molecule has 288 valence electrons. The van der Waals surface area contributed by atoms with E-state index < -0.39 is 36.5 Å². The van der Waals surface area contributed by atoms with Crippen LogP contribution in [0.3, 0.4) is 0 Å². The number of fused-ring (bicyclic) bond motifs is 5. The molecule has 5 fully saturated rings. The molecule has 5 rings (SSSR count). The van der Waals surface area contributed by atoms with Gasteiger partial charge in [0.15, 0.2) is 0 Å². The number of nitrogens with one attached hydrogen (secondary N) is 2. The zero-order valence-corrected chi connectivity index (χ0v) is 32.5. The van der Waals surface area contributed by atoms with Crippen LogP contribution in [0.15, 0.2) is 0 Å². The zero-order chi connectivity index (χ0) is 36.2. The van der Waals surface area contributed by atoms with Crippen molar-refractivity contribution in [2.45, 2.75) is 154 Å². The Labute approximate surface area is 306 Å². The van der Waals surface area contributed by atoms with Gasteiger partial charge in [0, 0.05) is 25.4 Å². The lowest BCUT2D eigenvalue weighted by atomic mass is 9.44. The van der Waals surface area contributed by atoms with E-state index in [2.05, 4.69) is 45.3 Å². The van der Waals surface area contributed by atoms with Gasteiger partial charge in [-0.05, 0) is 122 Å². The van der Waals surface area contributed by atoms with Crippen molar-refractivity contribution in [1.82, 2.24) is 10.6 Å². The van der Waals surface area contributed by atoms with Crippen LogP contribution in [0.5, 0.6) is 0 Å². The number of aliphatic hydroxyl groups is 4. The molecule has 0 spiro atoms. The minimum Gasteiger partial charge on any atom is -0.394 e. The van der Waals surface area contributed by atoms with Gasteiger partial charge in [0.25, 0.3) is 0 Å². The van der Waals surface area contributed by atoms with Crippen molar-refractivity contribution >= 4 is 23.6 Å². The first-order valence-corrected chi connectivity index (χ1v) is 21.3. The van der Waals surface area contributed by atoms with Gasteiger partial charge in [-0.3, -0.25) is 9.59 Å². The molecule has 1 heterocycles. The summed E-state index contributed by atoms with van der Waals surface area (Å²) in [4.78, 5) is 25.7. The van der Waals surface area contributed by atoms with E-state index in [1.807, 2.05) is 0 Å². The smallest absolute Gasteiger partial charge is 0.223 e. The Bertz CT molecular complexity index is 1130. The number of rotatable bonds is 15. The summed E-state index contributed by atoms with van der Waals surface area (Å²) < 4.78 is 5.51. The van der Waals surface area contributed by atoms with Gasteiger partial charge in [0.2, 0.25) is 11.8 Å². The first-order valence-electron chi connectivity index (χ1n) is 20.3. The SMILES string of the molecule is CC(C)CCC[C@@H](C)[C@H]1CC[C@H]2[C@@H]3CCC4C[C@@H](C(=O)NCCC(=O)NCCCS[C@@H]5O[C@H](CO)[C@H](O)[C@H](O)[C@H]5O)CC[C@]4(C)[C@H]3CC[C@]12C. The zero-order valence-electron chi connectivity index (χ0n) is 31.7. The molecule has 5 aliphatic rings. The highest BCUT2D eigenvalue weighted by atomic mass is 32.2. The van der Waals surface area contributed by atoms with Gasteiger partial charge < -0.3 is 35.8 Å². The largest absolute Gasteiger partial charge is 0.394 e. The average molecular weight is 723 g/mol. The van der Waals surface area contributed by atoms with Crippen LogP contribution in [0.1, 0.15) is 125 Å². The summed E-state index contributed by atoms with van der Waals surface area (Å²) in [6.45, 7) is 12.8. The summed E-state index contributed by atoms with van der Waals surface area (Å²) in [5.74, 6) is 6.29. The summed E-state index contributed by atoms with van der Waals surface area (Å²) in [6.07, 6.45) is 11.4. The lowest BCUT2D eigenvalue weighted by Crippen LogP contribution is -2.57. The van der Waals surface area contributed by atoms with Crippen molar-refractivity contribution in [3.63, 3.8) is 0 Å². The predicted octanol–water partition coefficient (Wildman–Crippen LogP) is 5.27. The van der Waals surface area contributed by atoms with Gasteiger partial charge in [-0.25, -0.2) is 0 Å². The van der Waals surface area contributed by atoms with Gasteiger partial charge in [-0.15, -0.1) is 11.8 Å². The van der Waals surface area contributed by atoms with Crippen molar-refractivity contribution in [3.05, 3.63) is 0 Å². The van der Waals surface area contributed by atoms with E-state index in [0.717, 1.165) is 54.8 Å². The fourth-order valence-electron chi connectivity index (χ4n) is 11.8. The molecule has 1 aliphatic heterocycles. The summed E-state index contributed by atoms with van der Waals surface area (Å²) in [5, 5.41) is 45.3. The Morgan fingerprint density at radius 3 is 2.32 bits per heavy atom. The molecule has 0 bridgehead atoms. The second-order valence-electron chi connectivity index (χ2n) is 18.0. The van der Waals surface area contributed by atoms with Gasteiger partial charge in [-0.1, -0.05) is 53.9 Å². The summed E-state index contributed by atoms with van der Waals surface area (Å²) in [5.41, 5.74) is 0.0989. The molecule has 10 heteroatoms. The highest BCUT2D eigenvalue weighted by molar-refractivity contribution is 7.99. The fraction of sp³-hybridized carbons (Fsp3) is 0.950. The standard InChI is InChI=1S/C40H70N2O7S/c1-24(2)8-6-9-25(3)29-12-13-30-28-11-10-27-22-26(14-17-39(27,4)31(28)15-18-40(29,30)5)37(48)42-20-16-33(44)41-19-7-21-50-38-36(47)35(46)34(45)32(23-43)49-38/h24-32,34-36,38,43,45-47H,6-23H2,1-5H3,(H,41,44)(H,42,48)/t25-,26+,27?,28+,29-,30+,31+,32-,34+,35+,36-,38+,39+,40-/m1/s1. The molecule has 50 heavy (non-hydrogen) atoms. The van der Waals surface area contributed by atoms with E-state index >= 15 is 0 Å². The van der Waals surface area contributed by atoms with E-state index in [4.69, 9.17) is 4.74 Å². The predicted molar refractivity (Wildman–Crippen MR) is 198 cm³/mol. The number of aliphatic hydroxyl groups excluding tert-OH is 4. The third-order valence-corrected chi connectivity index (χ3v) is 15.9. The van der Waals surface area contributed by atoms with E-state index in [-0.39, 0.29) is 24.2 Å². The minimum absolute atomic E-state index is 0.0449. The molecule has 4 saturated carbocycles. The Kier molecular flexibility index (Phi) is 14.1. The lowest BCUT2D eigenvalue weighted by molar-refractivity contribution is -0.205. The molecule has 4 aliphatic carbocycles. The van der Waals surface area contributed by atoms with Gasteiger partial charge >= 0.3 is 0 Å². The Balaban J connectivity index is 1.00. The summed E-state index contributed by atoms with van der Waals surface area (Å²) in [6, 6.07) is 0. The molecular formula is C40H70N2O7S. The van der Waals surface area contributed by atoms with Crippen LogP contribution in [-0.2, 0) is 14.3 Å². The molecule has 1 unspecified atom stereocenters. The van der Waals surface area contributed by atoms with Crippen LogP contribution in [0, 0.1) is 58.2 Å². The van der Waals surface area contributed by atoms with Crippen molar-refractivity contribution in [2.24, 2.45) is 58.2 Å². The van der Waals surface area contributed by atoms with Crippen LogP contribution in [0.25, 0.3) is 0 Å². The molecule has 0 aromatic heterocycles. The van der Waals surface area contributed by atoms with E-state index in [0.29, 0.717) is 42.0 Å². The average Bonchev–Trinajstić information content (AvgIpc) is 3.44. The maximum absolute atomic E-state index is 13.3. The fourth-order valence-corrected chi connectivity index (χ4v) is 12.9. The third kappa shape index (κ3) is 8.72. The number of hydrogen-bond donors (Lipinski definition) is 6. The highest BCUT2D eigenvalue weighted by Gasteiger charge is 2.60. The monoisotopic (exact) mass is 722 g/mol. The second-order valence-corrected chi connectivity index (χ2v) is 19.2. The molecule has 0 radical (unpaired) electrons.